The number of aliphatic hydroxyl groups excluding tert-OH is 14. The van der Waals surface area contributed by atoms with Crippen LogP contribution in [0.25, 0.3) is 22.3 Å². The molecule has 8 aromatic carbocycles. The topological polar surface area (TPSA) is 405 Å². The highest BCUT2D eigenvalue weighted by molar-refractivity contribution is 5.73. The fourth-order valence-corrected chi connectivity index (χ4v) is 8.85. The number of hydrogen-bond donors (Lipinski definition) is 20. The summed E-state index contributed by atoms with van der Waals surface area (Å²) >= 11 is 0. The van der Waals surface area contributed by atoms with Gasteiger partial charge in [-0.15, -0.1) is 0 Å². The molecule has 20 nitrogen and oxygen atoms in total. The lowest BCUT2D eigenvalue weighted by atomic mass is 9.92. The number of aliphatic hydroxyl groups is 14. The van der Waals surface area contributed by atoms with E-state index in [9.17, 15) is 40.1 Å². The van der Waals surface area contributed by atoms with Gasteiger partial charge >= 0.3 is 0 Å². The summed E-state index contributed by atoms with van der Waals surface area (Å²) in [7, 11) is 0. The molecule has 0 amide bonds. The Bertz CT molecular complexity index is 3170. The molecule has 0 aliphatic heterocycles. The quantitative estimate of drug-likeness (QED) is 0.0504. The van der Waals surface area contributed by atoms with E-state index in [-0.39, 0.29) is 125 Å². The van der Waals surface area contributed by atoms with Crippen LogP contribution in [-0.4, -0.2) is 102 Å². The van der Waals surface area contributed by atoms with Gasteiger partial charge in [-0.2, -0.15) is 0 Å². The number of aryl methyl sites for hydroxylation is 1. The van der Waals surface area contributed by atoms with E-state index in [1.807, 2.05) is 67.6 Å². The smallest absolute Gasteiger partial charge is 0.128 e. The summed E-state index contributed by atoms with van der Waals surface area (Å²) in [6, 6.07) is 34.2. The lowest BCUT2D eigenvalue weighted by Crippen LogP contribution is -2.04. The minimum Gasteiger partial charge on any atom is -0.507 e. The molecular weight excluding hydrogens is 1130 g/mol. The monoisotopic (exact) mass is 1210 g/mol. The van der Waals surface area contributed by atoms with Crippen LogP contribution in [-0.2, 0) is 98.9 Å². The summed E-state index contributed by atoms with van der Waals surface area (Å²) in [5, 5.41) is 183. The molecule has 470 valence electrons. The molecule has 0 aliphatic carbocycles. The maximum Gasteiger partial charge on any atom is 0.128 e. The van der Waals surface area contributed by atoms with E-state index in [2.05, 4.69) is 0 Å². The minimum atomic E-state index is -0.582. The zero-order valence-corrected chi connectivity index (χ0v) is 48.5. The van der Waals surface area contributed by atoms with E-state index in [0.29, 0.717) is 84.3 Å². The molecule has 0 saturated heterocycles. The van der Waals surface area contributed by atoms with Crippen molar-refractivity contribution in [3.63, 3.8) is 0 Å². The summed E-state index contributed by atoms with van der Waals surface area (Å²) in [6.07, 6.45) is 0.687. The fraction of sp³-hybridized carbons (Fsp3) is 0.273. The summed E-state index contributed by atoms with van der Waals surface area (Å²) in [4.78, 5) is 0. The maximum atomic E-state index is 12.6. The Hall–Kier alpha value is -8.07. The molecule has 0 bridgehead atoms. The average Bonchev–Trinajstić information content (AvgIpc) is 2.13. The summed E-state index contributed by atoms with van der Waals surface area (Å²) < 4.78 is 12.6. The van der Waals surface area contributed by atoms with Crippen molar-refractivity contribution in [3.8, 4) is 56.8 Å². The van der Waals surface area contributed by atoms with Gasteiger partial charge in [-0.25, -0.2) is 4.39 Å². The van der Waals surface area contributed by atoms with Crippen LogP contribution in [0.2, 0.25) is 0 Å². The Morgan fingerprint density at radius 3 is 0.885 bits per heavy atom. The van der Waals surface area contributed by atoms with Crippen LogP contribution >= 0.6 is 0 Å². The third-order valence-corrected chi connectivity index (χ3v) is 13.7. The second-order valence-electron chi connectivity index (χ2n) is 19.2. The van der Waals surface area contributed by atoms with E-state index in [1.54, 1.807) is 50.2 Å². The van der Waals surface area contributed by atoms with E-state index >= 15 is 0 Å². The minimum absolute atomic E-state index is 0.0327. The normalized spacial score (nSPS) is 10.5. The summed E-state index contributed by atoms with van der Waals surface area (Å²) in [5.41, 5.74) is 11.3. The van der Waals surface area contributed by atoms with Gasteiger partial charge in [-0.05, 0) is 137 Å². The number of halogens is 1. The van der Waals surface area contributed by atoms with Crippen LogP contribution in [0.1, 0.15) is 102 Å². The predicted octanol–water partition coefficient (Wildman–Crippen LogP) is 5.90. The summed E-state index contributed by atoms with van der Waals surface area (Å²) in [6.45, 7) is 1.74. The van der Waals surface area contributed by atoms with E-state index in [0.717, 1.165) is 39.9 Å². The maximum absolute atomic E-state index is 12.6. The molecule has 0 spiro atoms. The molecule has 0 saturated carbocycles. The Kier molecular flexibility index (Phi) is 31.5. The molecule has 0 aliphatic rings. The van der Waals surface area contributed by atoms with Crippen molar-refractivity contribution in [2.24, 2.45) is 0 Å². The van der Waals surface area contributed by atoms with Gasteiger partial charge in [0.25, 0.3) is 0 Å². The molecule has 0 atom stereocenters. The Morgan fingerprint density at radius 1 is 0.276 bits per heavy atom. The molecule has 0 unspecified atom stereocenters. The first kappa shape index (κ1) is 73.2. The van der Waals surface area contributed by atoms with E-state index < -0.39 is 19.0 Å². The van der Waals surface area contributed by atoms with Gasteiger partial charge in [0, 0.05) is 61.2 Å². The Labute approximate surface area is 502 Å². The second-order valence-corrected chi connectivity index (χ2v) is 19.2. The standard InChI is InChI=1S/2C14H14O3.C11H16O4.C10H14O3.C9H12O4.C8H9FO3/c15-8-10-6-12(9-16)14(17)13(7-10)11-4-2-1-3-5-11;15-8-12-6-11(7-13(9-16)14(12)17)10-4-2-1-3-5-10;1-6-8(3-12)7(2)10(5-14)11(15)9(6)4-13;1-2-8-3-7(5-11)4-9(6-12)10(8)13;10-3-6-1-7(4-11)9(13)8(2-6)5-12;9-7-1-5(3-10)8(12)6(2-7)4-11/h2*1-7,15-17H,8-9H2;12-15H,3-5H2,1-2H3;3-4,11-13H,2,5-6H2,1H3;1-2,10-13H,3-5H2;1-2,10-12H,3-4H2. The number of hydrogen-bond acceptors (Lipinski definition) is 20. The number of benzene rings is 8. The Balaban J connectivity index is 0.000000275. The fourth-order valence-electron chi connectivity index (χ4n) is 8.85. The number of phenols is 6. The molecule has 0 aromatic heterocycles. The molecule has 0 fully saturated rings. The first-order chi connectivity index (χ1) is 41.7. The van der Waals surface area contributed by atoms with Crippen LogP contribution in [0, 0.1) is 19.7 Å². The van der Waals surface area contributed by atoms with Crippen LogP contribution in [0.3, 0.4) is 0 Å². The van der Waals surface area contributed by atoms with Gasteiger partial charge in [0.2, 0.25) is 0 Å². The molecular formula is C66H79FO20. The third kappa shape index (κ3) is 20.0. The van der Waals surface area contributed by atoms with Crippen molar-refractivity contribution in [1.82, 2.24) is 0 Å². The molecule has 0 radical (unpaired) electrons. The van der Waals surface area contributed by atoms with Crippen LogP contribution in [0.15, 0.2) is 121 Å². The third-order valence-electron chi connectivity index (χ3n) is 13.7. The molecule has 8 rings (SSSR count). The largest absolute Gasteiger partial charge is 0.507 e. The second kappa shape index (κ2) is 37.5. The molecule has 21 heteroatoms. The highest BCUT2D eigenvalue weighted by Gasteiger charge is 2.18. The van der Waals surface area contributed by atoms with E-state index in [4.69, 9.17) is 66.4 Å². The lowest BCUT2D eigenvalue weighted by molar-refractivity contribution is 0.256. The van der Waals surface area contributed by atoms with Crippen molar-refractivity contribution >= 4 is 0 Å². The zero-order valence-electron chi connectivity index (χ0n) is 48.5. The van der Waals surface area contributed by atoms with Crippen molar-refractivity contribution in [1.29, 1.82) is 0 Å². The van der Waals surface area contributed by atoms with Gasteiger partial charge in [0.1, 0.15) is 40.3 Å². The van der Waals surface area contributed by atoms with Crippen LogP contribution in [0.4, 0.5) is 4.39 Å². The van der Waals surface area contributed by atoms with Crippen molar-refractivity contribution < 1.29 is 107 Å². The van der Waals surface area contributed by atoms with Crippen molar-refractivity contribution in [2.75, 3.05) is 0 Å². The van der Waals surface area contributed by atoms with Gasteiger partial charge in [-0.1, -0.05) is 67.6 Å². The highest BCUT2D eigenvalue weighted by Crippen LogP contribution is 2.36. The first-order valence-electron chi connectivity index (χ1n) is 27.1. The lowest BCUT2D eigenvalue weighted by Gasteiger charge is -2.17. The SMILES string of the molecule is CCc1cc(CO)cc(CO)c1O.Cc1c(CO)c(C)c(CO)c(O)c1CO.OCc1cc(-c2ccccc2)cc(CO)c1O.OCc1cc(CO)c(O)c(-c2ccccc2)c1.OCc1cc(CO)c(O)c(CO)c1.OCc1cc(F)cc(CO)c1O. The molecule has 0 heterocycles. The molecule has 8 aromatic rings. The van der Waals surface area contributed by atoms with Crippen LogP contribution < -0.4 is 0 Å². The van der Waals surface area contributed by atoms with Gasteiger partial charge < -0.3 is 102 Å². The predicted molar refractivity (Wildman–Crippen MR) is 321 cm³/mol. The Morgan fingerprint density at radius 2 is 0.563 bits per heavy atom. The van der Waals surface area contributed by atoms with Crippen LogP contribution in [0.5, 0.6) is 34.5 Å². The number of rotatable bonds is 17. The average molecular weight is 1210 g/mol. The zero-order chi connectivity index (χ0) is 64.9. The molecule has 20 N–H and O–H groups in total. The molecule has 87 heavy (non-hydrogen) atoms. The van der Waals surface area contributed by atoms with Gasteiger partial charge in [-0.3, -0.25) is 0 Å². The first-order valence-corrected chi connectivity index (χ1v) is 27.1. The van der Waals surface area contributed by atoms with Crippen molar-refractivity contribution in [3.05, 3.63) is 222 Å². The van der Waals surface area contributed by atoms with Gasteiger partial charge in [0.05, 0.1) is 92.5 Å². The van der Waals surface area contributed by atoms with Gasteiger partial charge in [0.15, 0.2) is 0 Å². The summed E-state index contributed by atoms with van der Waals surface area (Å²) in [5.74, 6) is -0.843. The number of aromatic hydroxyl groups is 6. The highest BCUT2D eigenvalue weighted by atomic mass is 19.1. The van der Waals surface area contributed by atoms with Crippen molar-refractivity contribution in [2.45, 2.75) is 120 Å². The van der Waals surface area contributed by atoms with E-state index in [1.165, 1.54) is 12.1 Å².